The van der Waals surface area contributed by atoms with E-state index in [9.17, 15) is 9.59 Å². The van der Waals surface area contributed by atoms with Gasteiger partial charge in [-0.1, -0.05) is 82.7 Å². The molecule has 0 saturated heterocycles. The first-order valence-electron chi connectivity index (χ1n) is 12.5. The summed E-state index contributed by atoms with van der Waals surface area (Å²) in [6.07, 6.45) is 0. The van der Waals surface area contributed by atoms with Crippen molar-refractivity contribution in [2.45, 2.75) is 19.2 Å². The monoisotopic (exact) mass is 581 g/mol. The maximum Gasteiger partial charge on any atom is 0.291 e. The molecule has 1 aliphatic rings. The van der Waals surface area contributed by atoms with Gasteiger partial charge < -0.3 is 18.8 Å². The Bertz CT molecular complexity index is 1730. The van der Waals surface area contributed by atoms with Crippen molar-refractivity contribution in [2.75, 3.05) is 7.11 Å². The predicted octanol–water partition coefficient (Wildman–Crippen LogP) is 6.89. The highest BCUT2D eigenvalue weighted by molar-refractivity contribution is 9.10. The van der Waals surface area contributed by atoms with Gasteiger partial charge in [0, 0.05) is 11.0 Å². The minimum absolute atomic E-state index is 0.0686. The molecule has 194 valence electrons. The van der Waals surface area contributed by atoms with Crippen LogP contribution in [-0.4, -0.2) is 17.9 Å². The number of methoxy groups -OCH3 is 1. The lowest BCUT2D eigenvalue weighted by molar-refractivity contribution is 0.0714. The van der Waals surface area contributed by atoms with Crippen LogP contribution >= 0.6 is 15.9 Å². The van der Waals surface area contributed by atoms with Crippen LogP contribution in [0.1, 0.15) is 38.9 Å². The second kappa shape index (κ2) is 10.4. The van der Waals surface area contributed by atoms with E-state index in [-0.39, 0.29) is 17.1 Å². The molecule has 0 saturated carbocycles. The summed E-state index contributed by atoms with van der Waals surface area (Å²) < 4.78 is 18.6. The van der Waals surface area contributed by atoms with E-state index in [1.807, 2.05) is 78.9 Å². The van der Waals surface area contributed by atoms with Crippen LogP contribution in [0.4, 0.5) is 0 Å². The van der Waals surface area contributed by atoms with Gasteiger partial charge in [0.05, 0.1) is 24.1 Å². The number of nitrogens with zero attached hydrogens (tertiary/aromatic N) is 1. The number of carbonyl (C=O) groups is 1. The summed E-state index contributed by atoms with van der Waals surface area (Å²) in [5.41, 5.74) is 3.16. The summed E-state index contributed by atoms with van der Waals surface area (Å²) >= 11 is 3.45. The van der Waals surface area contributed by atoms with E-state index in [2.05, 4.69) is 15.9 Å². The number of fused-ring (bicyclic) bond motifs is 2. The molecule has 1 unspecified atom stereocenters. The Morgan fingerprint density at radius 2 is 1.56 bits per heavy atom. The van der Waals surface area contributed by atoms with Crippen molar-refractivity contribution >= 4 is 32.8 Å². The molecule has 5 aromatic rings. The third-order valence-electron chi connectivity index (χ3n) is 6.86. The first kappa shape index (κ1) is 24.9. The molecular weight excluding hydrogens is 558 g/mol. The van der Waals surface area contributed by atoms with Crippen molar-refractivity contribution < 1.29 is 18.7 Å². The largest absolute Gasteiger partial charge is 0.493 e. The highest BCUT2D eigenvalue weighted by Gasteiger charge is 2.43. The Hall–Kier alpha value is -4.36. The van der Waals surface area contributed by atoms with Crippen molar-refractivity contribution in [2.24, 2.45) is 0 Å². The quantitative estimate of drug-likeness (QED) is 0.209. The van der Waals surface area contributed by atoms with E-state index in [1.165, 1.54) is 0 Å². The molecule has 6 nitrogen and oxygen atoms in total. The van der Waals surface area contributed by atoms with Crippen molar-refractivity contribution in [3.63, 3.8) is 0 Å². The summed E-state index contributed by atoms with van der Waals surface area (Å²) in [7, 11) is 1.57. The van der Waals surface area contributed by atoms with E-state index >= 15 is 0 Å². The zero-order valence-corrected chi connectivity index (χ0v) is 22.7. The van der Waals surface area contributed by atoms with Gasteiger partial charge >= 0.3 is 0 Å². The first-order valence-corrected chi connectivity index (χ1v) is 13.3. The van der Waals surface area contributed by atoms with E-state index in [4.69, 9.17) is 13.9 Å². The van der Waals surface area contributed by atoms with Gasteiger partial charge in [-0.25, -0.2) is 0 Å². The van der Waals surface area contributed by atoms with E-state index in [1.54, 1.807) is 30.2 Å². The van der Waals surface area contributed by atoms with Crippen molar-refractivity contribution in [3.8, 4) is 11.5 Å². The molecule has 2 heterocycles. The molecule has 6 rings (SSSR count). The maximum absolute atomic E-state index is 13.9. The number of hydrogen-bond donors (Lipinski definition) is 0. The van der Waals surface area contributed by atoms with Gasteiger partial charge in [0.1, 0.15) is 12.2 Å². The molecule has 1 amide bonds. The van der Waals surface area contributed by atoms with Crippen LogP contribution in [0.5, 0.6) is 11.5 Å². The van der Waals surface area contributed by atoms with Gasteiger partial charge in [0.2, 0.25) is 5.76 Å². The lowest BCUT2D eigenvalue weighted by Crippen LogP contribution is -2.29. The van der Waals surface area contributed by atoms with Crippen LogP contribution in [0.3, 0.4) is 0 Å². The van der Waals surface area contributed by atoms with Gasteiger partial charge in [-0.2, -0.15) is 0 Å². The number of ether oxygens (including phenoxy) is 2. The fraction of sp³-hybridized carbons (Fsp3) is 0.125. The van der Waals surface area contributed by atoms with Crippen LogP contribution in [0.2, 0.25) is 0 Å². The number of halogens is 1. The molecule has 0 N–H and O–H groups in total. The lowest BCUT2D eigenvalue weighted by atomic mass is 9.97. The lowest BCUT2D eigenvalue weighted by Gasteiger charge is -2.26. The molecule has 0 bridgehead atoms. The summed E-state index contributed by atoms with van der Waals surface area (Å²) in [4.78, 5) is 29.3. The topological polar surface area (TPSA) is 69.0 Å². The Morgan fingerprint density at radius 3 is 2.28 bits per heavy atom. The molecule has 0 fully saturated rings. The summed E-state index contributed by atoms with van der Waals surface area (Å²) in [6, 6.07) is 29.6. The van der Waals surface area contributed by atoms with Gasteiger partial charge in [-0.3, -0.25) is 9.59 Å². The Balaban J connectivity index is 1.45. The van der Waals surface area contributed by atoms with Gasteiger partial charge in [0.25, 0.3) is 5.91 Å². The highest BCUT2D eigenvalue weighted by atomic mass is 79.9. The molecular formula is C32H24BrNO5. The summed E-state index contributed by atoms with van der Waals surface area (Å²) in [6.45, 7) is 0.689. The summed E-state index contributed by atoms with van der Waals surface area (Å²) in [5.74, 6) is 0.818. The molecule has 1 aliphatic heterocycles. The van der Waals surface area contributed by atoms with Crippen LogP contribution in [0.15, 0.2) is 111 Å². The fourth-order valence-corrected chi connectivity index (χ4v) is 5.35. The fourth-order valence-electron chi connectivity index (χ4n) is 4.99. The minimum Gasteiger partial charge on any atom is -0.493 e. The zero-order chi connectivity index (χ0) is 26.9. The molecule has 0 radical (unpaired) electrons. The van der Waals surface area contributed by atoms with Crippen molar-refractivity contribution in [1.82, 2.24) is 4.90 Å². The SMILES string of the molecule is COc1cc(C2c3c(oc4ccc(Br)cc4c3=O)C(=O)N2Cc2ccccc2)ccc1OCc1ccccc1. The van der Waals surface area contributed by atoms with Gasteiger partial charge in [-0.15, -0.1) is 0 Å². The Morgan fingerprint density at radius 1 is 0.846 bits per heavy atom. The Labute approximate surface area is 233 Å². The van der Waals surface area contributed by atoms with Crippen LogP contribution in [0.25, 0.3) is 11.0 Å². The second-order valence-electron chi connectivity index (χ2n) is 9.32. The Kier molecular flexibility index (Phi) is 6.67. The molecule has 1 aromatic heterocycles. The van der Waals surface area contributed by atoms with Gasteiger partial charge in [0.15, 0.2) is 16.9 Å². The van der Waals surface area contributed by atoms with Crippen molar-refractivity contribution in [3.05, 3.63) is 140 Å². The number of benzene rings is 4. The van der Waals surface area contributed by atoms with E-state index < -0.39 is 6.04 Å². The van der Waals surface area contributed by atoms with Gasteiger partial charge in [-0.05, 0) is 47.0 Å². The predicted molar refractivity (Wildman–Crippen MR) is 152 cm³/mol. The van der Waals surface area contributed by atoms with Crippen LogP contribution < -0.4 is 14.9 Å². The third kappa shape index (κ3) is 4.70. The van der Waals surface area contributed by atoms with Crippen molar-refractivity contribution in [1.29, 1.82) is 0 Å². The molecule has 7 heteroatoms. The normalized spacial score (nSPS) is 14.5. The average molecular weight is 582 g/mol. The zero-order valence-electron chi connectivity index (χ0n) is 21.1. The smallest absolute Gasteiger partial charge is 0.291 e. The maximum atomic E-state index is 13.9. The first-order chi connectivity index (χ1) is 19.0. The number of hydrogen-bond acceptors (Lipinski definition) is 5. The van der Waals surface area contributed by atoms with Crippen LogP contribution in [0, 0.1) is 0 Å². The highest BCUT2D eigenvalue weighted by Crippen LogP contribution is 2.42. The average Bonchev–Trinajstić information content (AvgIpc) is 3.24. The molecule has 4 aromatic carbocycles. The number of carbonyl (C=O) groups excluding carboxylic acids is 1. The summed E-state index contributed by atoms with van der Waals surface area (Å²) in [5, 5.41) is 0.414. The molecule has 1 atom stereocenters. The van der Waals surface area contributed by atoms with E-state index in [0.717, 1.165) is 21.2 Å². The third-order valence-corrected chi connectivity index (χ3v) is 7.36. The molecule has 0 aliphatic carbocycles. The van der Waals surface area contributed by atoms with E-state index in [0.29, 0.717) is 41.2 Å². The second-order valence-corrected chi connectivity index (χ2v) is 10.2. The minimum atomic E-state index is -0.663. The number of amides is 1. The van der Waals surface area contributed by atoms with Crippen LogP contribution in [-0.2, 0) is 13.2 Å². The standard InChI is InChI=1S/C32H24BrNO5/c1-37-27-16-22(12-14-26(27)38-19-21-10-6-3-7-11-21)29-28-30(35)24-17-23(33)13-15-25(24)39-31(28)32(36)34(29)18-20-8-4-2-5-9-20/h2-17,29H,18-19H2,1H3. The number of rotatable bonds is 7. The molecule has 39 heavy (non-hydrogen) atoms. The molecule has 0 spiro atoms.